The molecule has 0 aromatic heterocycles. The van der Waals surface area contributed by atoms with Crippen molar-refractivity contribution in [3.05, 3.63) is 0 Å². The van der Waals surface area contributed by atoms with Crippen LogP contribution in [0, 0.1) is 17.3 Å². The van der Waals surface area contributed by atoms with Crippen molar-refractivity contribution >= 4 is 5.97 Å². The molecule has 2 rings (SSSR count). The molecule has 2 atom stereocenters. The average Bonchev–Trinajstić information content (AvgIpc) is 2.46. The fourth-order valence-corrected chi connectivity index (χ4v) is 2.47. The zero-order valence-corrected chi connectivity index (χ0v) is 10.3. The van der Waals surface area contributed by atoms with E-state index in [9.17, 15) is 4.79 Å². The quantitative estimate of drug-likeness (QED) is 0.766. The summed E-state index contributed by atoms with van der Waals surface area (Å²) in [6.45, 7) is 9.71. The molecule has 0 aromatic carbocycles. The van der Waals surface area contributed by atoms with Crippen molar-refractivity contribution in [2.45, 2.75) is 26.8 Å². The van der Waals surface area contributed by atoms with Crippen LogP contribution < -0.4 is 0 Å². The maximum Gasteiger partial charge on any atom is 0.310 e. The highest BCUT2D eigenvalue weighted by Crippen LogP contribution is 2.36. The van der Waals surface area contributed by atoms with E-state index in [1.807, 2.05) is 0 Å². The second-order valence-corrected chi connectivity index (χ2v) is 6.07. The molecule has 16 heavy (non-hydrogen) atoms. The highest BCUT2D eigenvalue weighted by Gasteiger charge is 2.45. The van der Waals surface area contributed by atoms with E-state index in [1.54, 1.807) is 0 Å². The topological polar surface area (TPSA) is 49.8 Å². The van der Waals surface area contributed by atoms with Gasteiger partial charge < -0.3 is 9.84 Å². The molecule has 0 aromatic rings. The summed E-state index contributed by atoms with van der Waals surface area (Å²) in [5.41, 5.74) is 0.328. The molecule has 4 heteroatoms. The average molecular weight is 227 g/mol. The van der Waals surface area contributed by atoms with Crippen molar-refractivity contribution in [3.63, 3.8) is 0 Å². The number of nitrogens with zero attached hydrogens (tertiary/aromatic N) is 1. The Hall–Kier alpha value is -0.610. The molecule has 0 bridgehead atoms. The Bertz CT molecular complexity index is 278. The van der Waals surface area contributed by atoms with Crippen LogP contribution in [0.1, 0.15) is 20.8 Å². The van der Waals surface area contributed by atoms with Gasteiger partial charge in [0.05, 0.1) is 19.1 Å². The van der Waals surface area contributed by atoms with E-state index < -0.39 is 5.97 Å². The van der Waals surface area contributed by atoms with E-state index >= 15 is 0 Å². The SMILES string of the molecule is CC(C)(C)C1CN(C2COCC2C(=O)O)C1. The van der Waals surface area contributed by atoms with Gasteiger partial charge in [-0.15, -0.1) is 0 Å². The predicted octanol–water partition coefficient (Wildman–Crippen LogP) is 1.06. The van der Waals surface area contributed by atoms with Crippen LogP contribution in [0.25, 0.3) is 0 Å². The molecular weight excluding hydrogens is 206 g/mol. The summed E-state index contributed by atoms with van der Waals surface area (Å²) in [5, 5.41) is 9.07. The minimum absolute atomic E-state index is 0.0936. The molecule has 2 saturated heterocycles. The molecule has 0 aliphatic carbocycles. The zero-order chi connectivity index (χ0) is 11.9. The zero-order valence-electron chi connectivity index (χ0n) is 10.3. The Labute approximate surface area is 96.6 Å². The lowest BCUT2D eigenvalue weighted by molar-refractivity contribution is -0.144. The van der Waals surface area contributed by atoms with Crippen molar-refractivity contribution in [1.82, 2.24) is 4.90 Å². The summed E-state index contributed by atoms with van der Waals surface area (Å²) in [5.74, 6) is -0.370. The van der Waals surface area contributed by atoms with E-state index in [0.29, 0.717) is 24.5 Å². The molecule has 2 fully saturated rings. The fraction of sp³-hybridized carbons (Fsp3) is 0.917. The van der Waals surface area contributed by atoms with E-state index in [1.165, 1.54) is 0 Å². The number of ether oxygens (including phenoxy) is 1. The molecule has 92 valence electrons. The minimum Gasteiger partial charge on any atom is -0.481 e. The fourth-order valence-electron chi connectivity index (χ4n) is 2.47. The first-order chi connectivity index (χ1) is 7.39. The Morgan fingerprint density at radius 1 is 1.31 bits per heavy atom. The molecule has 0 radical (unpaired) electrons. The summed E-state index contributed by atoms with van der Waals surface area (Å²) in [6, 6.07) is 0.0936. The number of hydrogen-bond acceptors (Lipinski definition) is 3. The van der Waals surface area contributed by atoms with Crippen molar-refractivity contribution < 1.29 is 14.6 Å². The lowest BCUT2D eigenvalue weighted by Gasteiger charge is -2.49. The summed E-state index contributed by atoms with van der Waals surface area (Å²) in [7, 11) is 0. The van der Waals surface area contributed by atoms with Crippen molar-refractivity contribution in [2.24, 2.45) is 17.3 Å². The smallest absolute Gasteiger partial charge is 0.310 e. The van der Waals surface area contributed by atoms with Gasteiger partial charge in [0.25, 0.3) is 0 Å². The second-order valence-electron chi connectivity index (χ2n) is 6.07. The van der Waals surface area contributed by atoms with Crippen molar-refractivity contribution in [2.75, 3.05) is 26.3 Å². The van der Waals surface area contributed by atoms with Crippen molar-refractivity contribution in [1.29, 1.82) is 0 Å². The Morgan fingerprint density at radius 3 is 2.44 bits per heavy atom. The summed E-state index contributed by atoms with van der Waals surface area (Å²) >= 11 is 0. The van der Waals surface area contributed by atoms with Gasteiger partial charge in [0, 0.05) is 19.1 Å². The molecule has 0 amide bonds. The van der Waals surface area contributed by atoms with Crippen LogP contribution in [0.15, 0.2) is 0 Å². The molecule has 1 N–H and O–H groups in total. The van der Waals surface area contributed by atoms with E-state index in [-0.39, 0.29) is 12.0 Å². The van der Waals surface area contributed by atoms with Gasteiger partial charge in [-0.05, 0) is 11.3 Å². The van der Waals surface area contributed by atoms with Crippen LogP contribution in [0.4, 0.5) is 0 Å². The minimum atomic E-state index is -0.721. The van der Waals surface area contributed by atoms with Crippen LogP contribution in [0.5, 0.6) is 0 Å². The molecular formula is C12H21NO3. The number of carbonyl (C=O) groups is 1. The largest absolute Gasteiger partial charge is 0.481 e. The van der Waals surface area contributed by atoms with Gasteiger partial charge in [0.2, 0.25) is 0 Å². The van der Waals surface area contributed by atoms with Crippen LogP contribution in [0.3, 0.4) is 0 Å². The molecule has 0 spiro atoms. The third-order valence-corrected chi connectivity index (χ3v) is 3.97. The third-order valence-electron chi connectivity index (χ3n) is 3.97. The van der Waals surface area contributed by atoms with Crippen LogP contribution in [-0.2, 0) is 9.53 Å². The number of aliphatic carboxylic acids is 1. The maximum atomic E-state index is 11.0. The van der Waals surface area contributed by atoms with E-state index in [2.05, 4.69) is 25.7 Å². The Balaban J connectivity index is 1.90. The highest BCUT2D eigenvalue weighted by molar-refractivity contribution is 5.71. The van der Waals surface area contributed by atoms with Gasteiger partial charge in [0.15, 0.2) is 0 Å². The first-order valence-electron chi connectivity index (χ1n) is 5.94. The van der Waals surface area contributed by atoms with Gasteiger partial charge in [-0.3, -0.25) is 9.69 Å². The summed E-state index contributed by atoms with van der Waals surface area (Å²) in [6.07, 6.45) is 0. The molecule has 2 unspecified atom stereocenters. The normalized spacial score (nSPS) is 32.7. The number of carboxylic acid groups (broad SMARTS) is 1. The third kappa shape index (κ3) is 2.09. The first-order valence-corrected chi connectivity index (χ1v) is 5.94. The van der Waals surface area contributed by atoms with Crippen LogP contribution >= 0.6 is 0 Å². The first kappa shape index (κ1) is 11.9. The Kier molecular flexibility index (Phi) is 2.97. The number of hydrogen-bond donors (Lipinski definition) is 1. The molecule has 4 nitrogen and oxygen atoms in total. The number of carboxylic acids is 1. The molecule has 2 aliphatic heterocycles. The van der Waals surface area contributed by atoms with Gasteiger partial charge >= 0.3 is 5.97 Å². The monoisotopic (exact) mass is 227 g/mol. The van der Waals surface area contributed by atoms with Gasteiger partial charge in [0.1, 0.15) is 0 Å². The number of likely N-dealkylation sites (tertiary alicyclic amines) is 1. The van der Waals surface area contributed by atoms with Crippen molar-refractivity contribution in [3.8, 4) is 0 Å². The van der Waals surface area contributed by atoms with E-state index in [4.69, 9.17) is 9.84 Å². The summed E-state index contributed by atoms with van der Waals surface area (Å²) in [4.78, 5) is 13.3. The standard InChI is InChI=1S/C12H21NO3/c1-12(2,3)8-4-13(5-8)10-7-16-6-9(10)11(14)15/h8-10H,4-7H2,1-3H3,(H,14,15). The summed E-state index contributed by atoms with van der Waals surface area (Å²) < 4.78 is 5.29. The lowest BCUT2D eigenvalue weighted by atomic mass is 9.75. The molecule has 2 heterocycles. The molecule has 0 saturated carbocycles. The highest BCUT2D eigenvalue weighted by atomic mass is 16.5. The predicted molar refractivity (Wildman–Crippen MR) is 60.3 cm³/mol. The second kappa shape index (κ2) is 4.00. The van der Waals surface area contributed by atoms with Gasteiger partial charge in [-0.25, -0.2) is 0 Å². The Morgan fingerprint density at radius 2 is 1.94 bits per heavy atom. The van der Waals surface area contributed by atoms with E-state index in [0.717, 1.165) is 13.1 Å². The van der Waals surface area contributed by atoms with Gasteiger partial charge in [-0.2, -0.15) is 0 Å². The maximum absolute atomic E-state index is 11.0. The van der Waals surface area contributed by atoms with Crippen LogP contribution in [0.2, 0.25) is 0 Å². The van der Waals surface area contributed by atoms with Gasteiger partial charge in [-0.1, -0.05) is 20.8 Å². The lowest BCUT2D eigenvalue weighted by Crippen LogP contribution is -2.58. The number of rotatable bonds is 2. The van der Waals surface area contributed by atoms with Crippen LogP contribution in [-0.4, -0.2) is 48.3 Å². The molecule has 2 aliphatic rings.